The number of aliphatic hydroxyl groups is 1. The van der Waals surface area contributed by atoms with E-state index in [9.17, 15) is 4.39 Å². The van der Waals surface area contributed by atoms with Crippen molar-refractivity contribution in [1.29, 1.82) is 0 Å². The van der Waals surface area contributed by atoms with Crippen LogP contribution in [0.1, 0.15) is 12.0 Å². The standard InChI is InChI=1S/C11H16FNO2/c1-8-6-10(2-3-11(8)12)15-5-4-9(13)7-14/h2-3,6,9,14H,4-5,7,13H2,1H3. The van der Waals surface area contributed by atoms with Crippen molar-refractivity contribution in [3.63, 3.8) is 0 Å². The van der Waals surface area contributed by atoms with E-state index in [2.05, 4.69) is 0 Å². The van der Waals surface area contributed by atoms with Crippen LogP contribution in [0.15, 0.2) is 18.2 Å². The first-order valence-corrected chi connectivity index (χ1v) is 4.89. The SMILES string of the molecule is Cc1cc(OCCC(N)CO)ccc1F. The predicted molar refractivity (Wildman–Crippen MR) is 56.3 cm³/mol. The minimum atomic E-state index is -0.258. The minimum Gasteiger partial charge on any atom is -0.494 e. The minimum absolute atomic E-state index is 0.0498. The van der Waals surface area contributed by atoms with Crippen molar-refractivity contribution >= 4 is 0 Å². The molecule has 1 aromatic rings. The quantitative estimate of drug-likeness (QED) is 0.773. The van der Waals surface area contributed by atoms with Gasteiger partial charge in [-0.25, -0.2) is 4.39 Å². The normalized spacial score (nSPS) is 12.5. The molecule has 1 atom stereocenters. The summed E-state index contributed by atoms with van der Waals surface area (Å²) in [6.45, 7) is 2.06. The molecule has 0 spiro atoms. The zero-order valence-electron chi connectivity index (χ0n) is 8.74. The van der Waals surface area contributed by atoms with Crippen LogP contribution in [0.3, 0.4) is 0 Å². The fourth-order valence-electron chi connectivity index (χ4n) is 1.13. The molecule has 3 N–H and O–H groups in total. The van der Waals surface area contributed by atoms with Crippen molar-refractivity contribution < 1.29 is 14.2 Å². The van der Waals surface area contributed by atoms with Crippen LogP contribution in [0.4, 0.5) is 4.39 Å². The maximum absolute atomic E-state index is 12.9. The van der Waals surface area contributed by atoms with Gasteiger partial charge in [0, 0.05) is 6.04 Å². The Labute approximate surface area is 88.7 Å². The fraction of sp³-hybridized carbons (Fsp3) is 0.455. The molecule has 1 aromatic carbocycles. The molecule has 0 saturated carbocycles. The first kappa shape index (κ1) is 11.9. The van der Waals surface area contributed by atoms with Gasteiger partial charge in [0.05, 0.1) is 13.2 Å². The number of hydrogen-bond donors (Lipinski definition) is 2. The highest BCUT2D eigenvalue weighted by Gasteiger charge is 2.02. The van der Waals surface area contributed by atoms with Crippen molar-refractivity contribution in [3.8, 4) is 5.75 Å². The monoisotopic (exact) mass is 213 g/mol. The van der Waals surface area contributed by atoms with Gasteiger partial charge in [-0.05, 0) is 37.1 Å². The highest BCUT2D eigenvalue weighted by molar-refractivity contribution is 5.28. The van der Waals surface area contributed by atoms with Crippen LogP contribution >= 0.6 is 0 Å². The Morgan fingerprint density at radius 3 is 2.87 bits per heavy atom. The van der Waals surface area contributed by atoms with E-state index in [-0.39, 0.29) is 18.5 Å². The Balaban J connectivity index is 2.41. The molecule has 1 rings (SSSR count). The number of aliphatic hydroxyl groups excluding tert-OH is 1. The van der Waals surface area contributed by atoms with Gasteiger partial charge in [0.15, 0.2) is 0 Å². The van der Waals surface area contributed by atoms with Crippen molar-refractivity contribution in [1.82, 2.24) is 0 Å². The molecule has 0 aliphatic heterocycles. The molecule has 0 amide bonds. The summed E-state index contributed by atoms with van der Waals surface area (Å²) >= 11 is 0. The van der Waals surface area contributed by atoms with Gasteiger partial charge in [0.1, 0.15) is 11.6 Å². The summed E-state index contributed by atoms with van der Waals surface area (Å²) in [6.07, 6.45) is 0.576. The van der Waals surface area contributed by atoms with Gasteiger partial charge >= 0.3 is 0 Å². The van der Waals surface area contributed by atoms with Gasteiger partial charge in [-0.15, -0.1) is 0 Å². The number of benzene rings is 1. The second-order valence-electron chi connectivity index (χ2n) is 3.49. The van der Waals surface area contributed by atoms with Gasteiger partial charge in [0.25, 0.3) is 0 Å². The van der Waals surface area contributed by atoms with Crippen LogP contribution in [-0.4, -0.2) is 24.4 Å². The fourth-order valence-corrected chi connectivity index (χ4v) is 1.13. The van der Waals surface area contributed by atoms with Crippen LogP contribution in [-0.2, 0) is 0 Å². The van der Waals surface area contributed by atoms with E-state index in [1.807, 2.05) is 0 Å². The number of halogens is 1. The summed E-state index contributed by atoms with van der Waals surface area (Å²) in [5.74, 6) is 0.383. The first-order valence-electron chi connectivity index (χ1n) is 4.89. The Bertz CT molecular complexity index is 317. The van der Waals surface area contributed by atoms with Crippen LogP contribution in [0.25, 0.3) is 0 Å². The summed E-state index contributed by atoms with van der Waals surface area (Å²) in [4.78, 5) is 0. The number of aryl methyl sites for hydroxylation is 1. The van der Waals surface area contributed by atoms with E-state index in [1.165, 1.54) is 6.07 Å². The number of rotatable bonds is 5. The third-order valence-electron chi connectivity index (χ3n) is 2.12. The van der Waals surface area contributed by atoms with Crippen LogP contribution < -0.4 is 10.5 Å². The third kappa shape index (κ3) is 3.85. The van der Waals surface area contributed by atoms with E-state index >= 15 is 0 Å². The molecular formula is C11H16FNO2. The summed E-state index contributed by atoms with van der Waals surface area (Å²) in [5, 5.41) is 8.68. The highest BCUT2D eigenvalue weighted by atomic mass is 19.1. The van der Waals surface area contributed by atoms with E-state index in [0.29, 0.717) is 24.3 Å². The van der Waals surface area contributed by atoms with Gasteiger partial charge in [0.2, 0.25) is 0 Å². The molecule has 3 nitrogen and oxygen atoms in total. The Morgan fingerprint density at radius 2 is 2.27 bits per heavy atom. The molecule has 4 heteroatoms. The summed E-state index contributed by atoms with van der Waals surface area (Å²) in [7, 11) is 0. The van der Waals surface area contributed by atoms with Crippen molar-refractivity contribution in [2.75, 3.05) is 13.2 Å². The maximum Gasteiger partial charge on any atom is 0.126 e. The molecule has 0 radical (unpaired) electrons. The summed E-state index contributed by atoms with van der Waals surface area (Å²) in [5.41, 5.74) is 6.06. The van der Waals surface area contributed by atoms with E-state index in [1.54, 1.807) is 19.1 Å². The van der Waals surface area contributed by atoms with Gasteiger partial charge in [-0.3, -0.25) is 0 Å². The second-order valence-corrected chi connectivity index (χ2v) is 3.49. The summed E-state index contributed by atoms with van der Waals surface area (Å²) < 4.78 is 18.3. The number of ether oxygens (including phenoxy) is 1. The lowest BCUT2D eigenvalue weighted by molar-refractivity contribution is 0.230. The molecule has 84 valence electrons. The predicted octanol–water partition coefficient (Wildman–Crippen LogP) is 1.22. The molecule has 0 fully saturated rings. The molecule has 0 bridgehead atoms. The highest BCUT2D eigenvalue weighted by Crippen LogP contribution is 2.15. The van der Waals surface area contributed by atoms with Crippen molar-refractivity contribution in [2.24, 2.45) is 5.73 Å². The molecule has 0 heterocycles. The molecule has 0 aliphatic rings. The number of nitrogens with two attached hydrogens (primary N) is 1. The average molecular weight is 213 g/mol. The smallest absolute Gasteiger partial charge is 0.126 e. The van der Waals surface area contributed by atoms with Gasteiger partial charge in [-0.1, -0.05) is 0 Å². The third-order valence-corrected chi connectivity index (χ3v) is 2.12. The zero-order chi connectivity index (χ0) is 11.3. The Morgan fingerprint density at radius 1 is 1.53 bits per heavy atom. The molecule has 0 saturated heterocycles. The molecule has 1 unspecified atom stereocenters. The van der Waals surface area contributed by atoms with Crippen molar-refractivity contribution in [3.05, 3.63) is 29.6 Å². The zero-order valence-corrected chi connectivity index (χ0v) is 8.74. The average Bonchev–Trinajstić information content (AvgIpc) is 2.23. The molecular weight excluding hydrogens is 197 g/mol. The van der Waals surface area contributed by atoms with Crippen LogP contribution in [0, 0.1) is 12.7 Å². The topological polar surface area (TPSA) is 55.5 Å². The lowest BCUT2D eigenvalue weighted by Gasteiger charge is -2.10. The maximum atomic E-state index is 12.9. The Kier molecular flexibility index (Phi) is 4.52. The van der Waals surface area contributed by atoms with Crippen LogP contribution in [0.5, 0.6) is 5.75 Å². The Hall–Kier alpha value is -1.13. The molecule has 15 heavy (non-hydrogen) atoms. The van der Waals surface area contributed by atoms with Gasteiger partial charge in [-0.2, -0.15) is 0 Å². The van der Waals surface area contributed by atoms with E-state index < -0.39 is 0 Å². The van der Waals surface area contributed by atoms with E-state index in [4.69, 9.17) is 15.6 Å². The van der Waals surface area contributed by atoms with Crippen LogP contribution in [0.2, 0.25) is 0 Å². The first-order chi connectivity index (χ1) is 7.13. The molecule has 0 aromatic heterocycles. The number of hydrogen-bond acceptors (Lipinski definition) is 3. The van der Waals surface area contributed by atoms with E-state index in [0.717, 1.165) is 0 Å². The van der Waals surface area contributed by atoms with Gasteiger partial charge < -0.3 is 15.6 Å². The lowest BCUT2D eigenvalue weighted by Crippen LogP contribution is -2.26. The lowest BCUT2D eigenvalue weighted by atomic mass is 10.2. The second kappa shape index (κ2) is 5.68. The van der Waals surface area contributed by atoms with Crippen molar-refractivity contribution in [2.45, 2.75) is 19.4 Å². The largest absolute Gasteiger partial charge is 0.494 e. The summed E-state index contributed by atoms with van der Waals surface area (Å²) in [6, 6.07) is 4.33. The molecule has 0 aliphatic carbocycles.